The highest BCUT2D eigenvalue weighted by molar-refractivity contribution is 6.34. The third kappa shape index (κ3) is 2.02. The maximum atomic E-state index is 5.90. The van der Waals surface area contributed by atoms with Gasteiger partial charge in [0.25, 0.3) is 0 Å². The summed E-state index contributed by atoms with van der Waals surface area (Å²) in [6.07, 6.45) is 0. The molecule has 3 nitrogen and oxygen atoms in total. The lowest BCUT2D eigenvalue weighted by atomic mass is 10.0. The number of nitrogens with one attached hydrogen (secondary N) is 2. The highest BCUT2D eigenvalue weighted by Gasteiger charge is 2.25. The van der Waals surface area contributed by atoms with E-state index >= 15 is 0 Å². The van der Waals surface area contributed by atoms with Crippen molar-refractivity contribution in [1.82, 2.24) is 10.9 Å². The monoisotopic (exact) mass is 231 g/mol. The first kappa shape index (κ1) is 10.2. The minimum atomic E-state index is 0.0459. The van der Waals surface area contributed by atoms with Gasteiger partial charge in [0.15, 0.2) is 0 Å². The first-order valence-corrected chi connectivity index (χ1v) is 5.12. The fourth-order valence-electron chi connectivity index (χ4n) is 1.60. The highest BCUT2D eigenvalue weighted by atomic mass is 35.5. The Hall–Kier alpha value is -0.320. The van der Waals surface area contributed by atoms with E-state index in [0.717, 1.165) is 12.1 Å². The van der Waals surface area contributed by atoms with Gasteiger partial charge in [-0.2, -0.15) is 0 Å². The number of rotatable bonds is 1. The van der Waals surface area contributed by atoms with Crippen LogP contribution in [0.2, 0.25) is 10.0 Å². The van der Waals surface area contributed by atoms with Crippen LogP contribution < -0.4 is 16.6 Å². The van der Waals surface area contributed by atoms with Crippen LogP contribution in [0.25, 0.3) is 0 Å². The molecule has 5 heteroatoms. The number of hydrazine groups is 1. The molecule has 2 unspecified atom stereocenters. The van der Waals surface area contributed by atoms with Gasteiger partial charge >= 0.3 is 0 Å². The number of nitrogens with two attached hydrogens (primary N) is 1. The molecule has 14 heavy (non-hydrogen) atoms. The summed E-state index contributed by atoms with van der Waals surface area (Å²) in [5.74, 6) is 0. The summed E-state index contributed by atoms with van der Waals surface area (Å²) < 4.78 is 0. The Bertz CT molecular complexity index is 323. The molecule has 0 amide bonds. The Kier molecular flexibility index (Phi) is 2.95. The average Bonchev–Trinajstić information content (AvgIpc) is 2.49. The quantitative estimate of drug-likeness (QED) is 0.687. The Balaban J connectivity index is 2.31. The summed E-state index contributed by atoms with van der Waals surface area (Å²) in [6, 6.07) is 5.58. The van der Waals surface area contributed by atoms with Crippen molar-refractivity contribution in [2.24, 2.45) is 5.73 Å². The molecule has 1 heterocycles. The smallest absolute Gasteiger partial charge is 0.0627 e. The molecule has 0 spiro atoms. The fraction of sp³-hybridized carbons (Fsp3) is 0.333. The summed E-state index contributed by atoms with van der Waals surface area (Å²) in [4.78, 5) is 0. The van der Waals surface area contributed by atoms with Gasteiger partial charge in [-0.1, -0.05) is 23.2 Å². The van der Waals surface area contributed by atoms with Gasteiger partial charge < -0.3 is 5.73 Å². The molecule has 1 fully saturated rings. The second-order valence-corrected chi connectivity index (χ2v) is 4.24. The molecule has 1 saturated heterocycles. The zero-order chi connectivity index (χ0) is 10.1. The molecule has 4 N–H and O–H groups in total. The first-order chi connectivity index (χ1) is 6.66. The fourth-order valence-corrected chi connectivity index (χ4v) is 2.14. The van der Waals surface area contributed by atoms with Gasteiger partial charge in [0, 0.05) is 22.6 Å². The van der Waals surface area contributed by atoms with Crippen LogP contribution in [0.5, 0.6) is 0 Å². The molecule has 2 atom stereocenters. The normalized spacial score (nSPS) is 26.8. The molecule has 0 bridgehead atoms. The van der Waals surface area contributed by atoms with Crippen molar-refractivity contribution >= 4 is 23.2 Å². The van der Waals surface area contributed by atoms with Crippen LogP contribution in [-0.4, -0.2) is 12.6 Å². The van der Waals surface area contributed by atoms with Crippen LogP contribution in [0.3, 0.4) is 0 Å². The van der Waals surface area contributed by atoms with E-state index < -0.39 is 0 Å². The molecule has 1 aromatic rings. The van der Waals surface area contributed by atoms with E-state index in [-0.39, 0.29) is 12.1 Å². The van der Waals surface area contributed by atoms with Crippen LogP contribution in [0.4, 0.5) is 0 Å². The molecule has 0 saturated carbocycles. The zero-order valence-electron chi connectivity index (χ0n) is 7.43. The first-order valence-electron chi connectivity index (χ1n) is 4.37. The molecule has 2 rings (SSSR count). The van der Waals surface area contributed by atoms with E-state index in [1.807, 2.05) is 12.1 Å². The van der Waals surface area contributed by atoms with Gasteiger partial charge in [-0.05, 0) is 23.8 Å². The standard InChI is InChI=1S/C9H11Cl2N3/c10-6-1-5(2-7(11)3-6)9-8(12)4-13-14-9/h1-3,8-9,13-14H,4,12H2. The maximum absolute atomic E-state index is 5.90. The third-order valence-electron chi connectivity index (χ3n) is 2.27. The van der Waals surface area contributed by atoms with E-state index in [9.17, 15) is 0 Å². The van der Waals surface area contributed by atoms with Crippen LogP contribution in [0, 0.1) is 0 Å². The van der Waals surface area contributed by atoms with E-state index in [2.05, 4.69) is 10.9 Å². The molecule has 0 radical (unpaired) electrons. The summed E-state index contributed by atoms with van der Waals surface area (Å²) >= 11 is 11.8. The zero-order valence-corrected chi connectivity index (χ0v) is 8.94. The molecule has 76 valence electrons. The van der Waals surface area contributed by atoms with Crippen LogP contribution in [-0.2, 0) is 0 Å². The lowest BCUT2D eigenvalue weighted by molar-refractivity contribution is 0.551. The number of hydrogen-bond donors (Lipinski definition) is 3. The summed E-state index contributed by atoms with van der Waals surface area (Å²) in [5, 5.41) is 1.27. The number of hydrogen-bond acceptors (Lipinski definition) is 3. The minimum absolute atomic E-state index is 0.0459. The van der Waals surface area contributed by atoms with Crippen LogP contribution >= 0.6 is 23.2 Å². The van der Waals surface area contributed by atoms with Gasteiger partial charge in [-0.3, -0.25) is 5.43 Å². The van der Waals surface area contributed by atoms with Crippen LogP contribution in [0.15, 0.2) is 18.2 Å². The number of halogens is 2. The van der Waals surface area contributed by atoms with Crippen molar-refractivity contribution < 1.29 is 0 Å². The van der Waals surface area contributed by atoms with E-state index in [0.29, 0.717) is 10.0 Å². The largest absolute Gasteiger partial charge is 0.325 e. The Morgan fingerprint density at radius 3 is 2.36 bits per heavy atom. The molecule has 0 aromatic heterocycles. The minimum Gasteiger partial charge on any atom is -0.325 e. The highest BCUT2D eigenvalue weighted by Crippen LogP contribution is 2.25. The molecule has 1 aliphatic heterocycles. The van der Waals surface area contributed by atoms with Crippen LogP contribution in [0.1, 0.15) is 11.6 Å². The summed E-state index contributed by atoms with van der Waals surface area (Å²) in [5.41, 5.74) is 13.0. The molecule has 1 aliphatic rings. The second kappa shape index (κ2) is 4.04. The Morgan fingerprint density at radius 2 is 1.86 bits per heavy atom. The molecular formula is C9H11Cl2N3. The molecular weight excluding hydrogens is 221 g/mol. The summed E-state index contributed by atoms with van der Waals surface area (Å²) in [7, 11) is 0. The van der Waals surface area contributed by atoms with E-state index in [1.54, 1.807) is 6.07 Å². The number of benzene rings is 1. The van der Waals surface area contributed by atoms with Gasteiger partial charge in [0.2, 0.25) is 0 Å². The van der Waals surface area contributed by atoms with Gasteiger partial charge in [0.1, 0.15) is 0 Å². The van der Waals surface area contributed by atoms with Crippen molar-refractivity contribution in [1.29, 1.82) is 0 Å². The Morgan fingerprint density at radius 1 is 1.21 bits per heavy atom. The van der Waals surface area contributed by atoms with E-state index in [4.69, 9.17) is 28.9 Å². The van der Waals surface area contributed by atoms with Gasteiger partial charge in [0.05, 0.1) is 6.04 Å². The SMILES string of the molecule is NC1CNNC1c1cc(Cl)cc(Cl)c1. The topological polar surface area (TPSA) is 50.1 Å². The average molecular weight is 232 g/mol. The predicted molar refractivity (Wildman–Crippen MR) is 58.3 cm³/mol. The third-order valence-corrected chi connectivity index (χ3v) is 2.70. The lowest BCUT2D eigenvalue weighted by Gasteiger charge is -2.15. The molecule has 0 aliphatic carbocycles. The van der Waals surface area contributed by atoms with Gasteiger partial charge in [-0.25, -0.2) is 5.43 Å². The molecule has 1 aromatic carbocycles. The summed E-state index contributed by atoms with van der Waals surface area (Å²) in [6.45, 7) is 0.745. The van der Waals surface area contributed by atoms with Crippen molar-refractivity contribution in [3.63, 3.8) is 0 Å². The Labute approximate surface area is 92.5 Å². The van der Waals surface area contributed by atoms with Crippen molar-refractivity contribution in [3.05, 3.63) is 33.8 Å². The van der Waals surface area contributed by atoms with E-state index in [1.165, 1.54) is 0 Å². The van der Waals surface area contributed by atoms with Gasteiger partial charge in [-0.15, -0.1) is 0 Å². The predicted octanol–water partition coefficient (Wildman–Crippen LogP) is 1.47. The lowest BCUT2D eigenvalue weighted by Crippen LogP contribution is -2.29. The second-order valence-electron chi connectivity index (χ2n) is 3.37. The van der Waals surface area contributed by atoms with Crippen molar-refractivity contribution in [2.45, 2.75) is 12.1 Å². The maximum Gasteiger partial charge on any atom is 0.0627 e. The van der Waals surface area contributed by atoms with Crippen molar-refractivity contribution in [3.8, 4) is 0 Å². The van der Waals surface area contributed by atoms with Crippen molar-refractivity contribution in [2.75, 3.05) is 6.54 Å².